The van der Waals surface area contributed by atoms with Gasteiger partial charge in [0, 0.05) is 0 Å². The molecular weight excluding hydrogens is 380 g/mol. The minimum atomic E-state index is -4.17. The summed E-state index contributed by atoms with van der Waals surface area (Å²) in [6.45, 7) is 8.75. The Morgan fingerprint density at radius 2 is 1.77 bits per heavy atom. The van der Waals surface area contributed by atoms with Gasteiger partial charge in [-0.2, -0.15) is 0 Å². The molecule has 1 atom stereocenters. The molecule has 9 heteroatoms. The zero-order valence-electron chi connectivity index (χ0n) is 15.5. The van der Waals surface area contributed by atoms with E-state index in [1.165, 1.54) is 18.2 Å². The maximum atomic E-state index is 12.5. The second-order valence-electron chi connectivity index (χ2n) is 7.23. The number of ether oxygens (including phenoxy) is 1. The van der Waals surface area contributed by atoms with E-state index in [1.54, 1.807) is 26.8 Å². The fourth-order valence-corrected chi connectivity index (χ4v) is 3.61. The number of hydrogen-bond acceptors (Lipinski definition) is 5. The van der Waals surface area contributed by atoms with Gasteiger partial charge in [-0.05, 0) is 45.2 Å². The van der Waals surface area contributed by atoms with Crippen LogP contribution in [0.2, 0.25) is 5.02 Å². The summed E-state index contributed by atoms with van der Waals surface area (Å²) in [5.41, 5.74) is -0.743. The van der Waals surface area contributed by atoms with Crippen LogP contribution in [-0.2, 0) is 19.6 Å². The predicted octanol–water partition coefficient (Wildman–Crippen LogP) is 3.08. The molecule has 0 unspecified atom stereocenters. The van der Waals surface area contributed by atoms with Gasteiger partial charge < -0.3 is 10.1 Å². The first-order valence-corrected chi connectivity index (χ1v) is 9.98. The Morgan fingerprint density at radius 1 is 1.19 bits per heavy atom. The van der Waals surface area contributed by atoms with Crippen LogP contribution in [0, 0.1) is 5.92 Å². The molecule has 0 aliphatic carbocycles. The molecule has 2 amide bonds. The quantitative estimate of drug-likeness (QED) is 0.758. The lowest BCUT2D eigenvalue weighted by atomic mass is 10.0. The second-order valence-corrected chi connectivity index (χ2v) is 9.29. The number of carbonyl (C=O) groups excluding carboxylic acids is 2. The lowest BCUT2D eigenvalue weighted by Gasteiger charge is -2.24. The van der Waals surface area contributed by atoms with Crippen molar-refractivity contribution in [3.05, 3.63) is 29.3 Å². The molecule has 0 spiro atoms. The Hall–Kier alpha value is -1.80. The third-order valence-corrected chi connectivity index (χ3v) is 4.92. The fourth-order valence-electron chi connectivity index (χ4n) is 2.07. The minimum absolute atomic E-state index is 0.00619. The van der Waals surface area contributed by atoms with E-state index in [2.05, 4.69) is 5.32 Å². The molecule has 1 aromatic carbocycles. The average Bonchev–Trinajstić information content (AvgIpc) is 2.43. The van der Waals surface area contributed by atoms with Gasteiger partial charge in [-0.1, -0.05) is 37.6 Å². The van der Waals surface area contributed by atoms with Crippen LogP contribution < -0.4 is 10.0 Å². The van der Waals surface area contributed by atoms with Crippen LogP contribution in [-0.4, -0.2) is 32.1 Å². The van der Waals surface area contributed by atoms with Gasteiger partial charge in [0.2, 0.25) is 0 Å². The summed E-state index contributed by atoms with van der Waals surface area (Å²) in [6.07, 6.45) is -0.559. The standard InChI is InChI=1S/C17H25ClN2O5S/c1-11(2)10-13(19-16(22)25-17(3,4)5)15(21)20-26(23,24)14-9-7-6-8-12(14)18/h6-9,11,13H,10H2,1-5H3,(H,19,22)(H,20,21)/t13-/m0/s1. The number of benzene rings is 1. The first-order valence-electron chi connectivity index (χ1n) is 8.12. The van der Waals surface area contributed by atoms with Crippen LogP contribution in [0.15, 0.2) is 29.2 Å². The smallest absolute Gasteiger partial charge is 0.408 e. The highest BCUT2D eigenvalue weighted by atomic mass is 35.5. The van der Waals surface area contributed by atoms with Crippen molar-refractivity contribution in [3.8, 4) is 0 Å². The molecule has 0 heterocycles. The highest BCUT2D eigenvalue weighted by Gasteiger charge is 2.29. The van der Waals surface area contributed by atoms with Crippen molar-refractivity contribution in [1.29, 1.82) is 0 Å². The summed E-state index contributed by atoms with van der Waals surface area (Å²) >= 11 is 5.89. The highest BCUT2D eigenvalue weighted by Crippen LogP contribution is 2.20. The Kier molecular flexibility index (Phi) is 7.46. The number of hydrogen-bond donors (Lipinski definition) is 2. The molecule has 0 aliphatic rings. The molecule has 0 saturated carbocycles. The van der Waals surface area contributed by atoms with Gasteiger partial charge in [0.25, 0.3) is 15.9 Å². The lowest BCUT2D eigenvalue weighted by Crippen LogP contribution is -2.50. The van der Waals surface area contributed by atoms with Gasteiger partial charge >= 0.3 is 6.09 Å². The van der Waals surface area contributed by atoms with Crippen LogP contribution in [0.1, 0.15) is 41.0 Å². The maximum absolute atomic E-state index is 12.5. The van der Waals surface area contributed by atoms with Crippen molar-refractivity contribution in [2.45, 2.75) is 57.6 Å². The Labute approximate surface area is 159 Å². The van der Waals surface area contributed by atoms with Gasteiger partial charge in [0.05, 0.1) is 5.02 Å². The summed E-state index contributed by atoms with van der Waals surface area (Å²) in [4.78, 5) is 24.2. The van der Waals surface area contributed by atoms with Crippen LogP contribution in [0.4, 0.5) is 4.79 Å². The maximum Gasteiger partial charge on any atom is 0.408 e. The number of nitrogens with one attached hydrogen (secondary N) is 2. The monoisotopic (exact) mass is 404 g/mol. The Bertz CT molecular complexity index is 757. The SMILES string of the molecule is CC(C)C[C@H](NC(=O)OC(C)(C)C)C(=O)NS(=O)(=O)c1ccccc1Cl. The van der Waals surface area contributed by atoms with E-state index < -0.39 is 33.7 Å². The molecule has 0 aromatic heterocycles. The largest absolute Gasteiger partial charge is 0.444 e. The van der Waals surface area contributed by atoms with Gasteiger partial charge in [0.1, 0.15) is 16.5 Å². The molecule has 26 heavy (non-hydrogen) atoms. The number of sulfonamides is 1. The molecule has 146 valence electrons. The minimum Gasteiger partial charge on any atom is -0.444 e. The normalized spacial score (nSPS) is 13.2. The second kappa shape index (κ2) is 8.73. The zero-order valence-corrected chi connectivity index (χ0v) is 17.1. The Balaban J connectivity index is 2.96. The van der Waals surface area contributed by atoms with E-state index in [1.807, 2.05) is 18.6 Å². The zero-order chi connectivity index (χ0) is 20.1. The first-order chi connectivity index (χ1) is 11.8. The number of amides is 2. The van der Waals surface area contributed by atoms with E-state index in [0.717, 1.165) is 0 Å². The van der Waals surface area contributed by atoms with E-state index in [4.69, 9.17) is 16.3 Å². The van der Waals surface area contributed by atoms with Crippen molar-refractivity contribution in [1.82, 2.24) is 10.0 Å². The van der Waals surface area contributed by atoms with E-state index in [9.17, 15) is 18.0 Å². The third kappa shape index (κ3) is 7.21. The van der Waals surface area contributed by atoms with Crippen molar-refractivity contribution in [3.63, 3.8) is 0 Å². The van der Waals surface area contributed by atoms with Crippen molar-refractivity contribution in [2.24, 2.45) is 5.92 Å². The summed E-state index contributed by atoms with van der Waals surface area (Å²) in [7, 11) is -4.17. The van der Waals surface area contributed by atoms with Crippen LogP contribution in [0.25, 0.3) is 0 Å². The molecule has 1 rings (SSSR count). The molecule has 1 aromatic rings. The predicted molar refractivity (Wildman–Crippen MR) is 99.4 cm³/mol. The summed E-state index contributed by atoms with van der Waals surface area (Å²) in [5, 5.41) is 2.42. The average molecular weight is 405 g/mol. The summed E-state index contributed by atoms with van der Waals surface area (Å²) in [6, 6.07) is 4.70. The lowest BCUT2D eigenvalue weighted by molar-refractivity contribution is -0.121. The number of carbonyl (C=O) groups is 2. The van der Waals surface area contributed by atoms with Gasteiger partial charge in [-0.3, -0.25) is 4.79 Å². The van der Waals surface area contributed by atoms with E-state index in [0.29, 0.717) is 0 Å². The highest BCUT2D eigenvalue weighted by molar-refractivity contribution is 7.90. The summed E-state index contributed by atoms with van der Waals surface area (Å²) < 4.78 is 31.9. The topological polar surface area (TPSA) is 102 Å². The fraction of sp³-hybridized carbons (Fsp3) is 0.529. The van der Waals surface area contributed by atoms with E-state index in [-0.39, 0.29) is 22.3 Å². The molecule has 0 fully saturated rings. The van der Waals surface area contributed by atoms with Crippen molar-refractivity contribution >= 4 is 33.6 Å². The van der Waals surface area contributed by atoms with Gasteiger partial charge in [0.15, 0.2) is 0 Å². The number of alkyl carbamates (subject to hydrolysis) is 1. The molecule has 2 N–H and O–H groups in total. The van der Waals surface area contributed by atoms with E-state index >= 15 is 0 Å². The Morgan fingerprint density at radius 3 is 2.27 bits per heavy atom. The summed E-state index contributed by atoms with van der Waals surface area (Å²) in [5.74, 6) is -0.826. The molecule has 0 saturated heterocycles. The van der Waals surface area contributed by atoms with Gasteiger partial charge in [-0.25, -0.2) is 17.9 Å². The third-order valence-electron chi connectivity index (χ3n) is 3.08. The number of halogens is 1. The number of rotatable bonds is 6. The molecule has 0 aliphatic heterocycles. The molecule has 7 nitrogen and oxygen atoms in total. The molecule has 0 bridgehead atoms. The van der Waals surface area contributed by atoms with Crippen molar-refractivity contribution < 1.29 is 22.7 Å². The van der Waals surface area contributed by atoms with Crippen LogP contribution in [0.3, 0.4) is 0 Å². The van der Waals surface area contributed by atoms with Crippen LogP contribution >= 0.6 is 11.6 Å². The molecule has 0 radical (unpaired) electrons. The van der Waals surface area contributed by atoms with Crippen molar-refractivity contribution in [2.75, 3.05) is 0 Å². The first kappa shape index (κ1) is 22.2. The molecular formula is C17H25ClN2O5S. The van der Waals surface area contributed by atoms with Crippen LogP contribution in [0.5, 0.6) is 0 Å². The van der Waals surface area contributed by atoms with Gasteiger partial charge in [-0.15, -0.1) is 0 Å².